The molecule has 1 aliphatic carbocycles. The number of hydrogen-bond donors (Lipinski definition) is 1. The summed E-state index contributed by atoms with van der Waals surface area (Å²) in [6.45, 7) is 4.04. The van der Waals surface area contributed by atoms with Gasteiger partial charge in [0.15, 0.2) is 5.76 Å². The second-order valence-electron chi connectivity index (χ2n) is 12.0. The molecule has 8 nitrogen and oxygen atoms in total. The number of aromatic nitrogens is 3. The number of hydrogen-bond acceptors (Lipinski definition) is 6. The number of furan rings is 1. The fourth-order valence-electron chi connectivity index (χ4n) is 6.52. The number of fused-ring (bicyclic) bond motifs is 3. The van der Waals surface area contributed by atoms with E-state index in [9.17, 15) is 9.59 Å². The van der Waals surface area contributed by atoms with Crippen LogP contribution in [0.4, 0.5) is 5.69 Å². The average molecular weight is 672 g/mol. The minimum Gasteiger partial charge on any atom is -0.453 e. The van der Waals surface area contributed by atoms with Crippen LogP contribution in [0.2, 0.25) is 5.02 Å². The Morgan fingerprint density at radius 2 is 1.79 bits per heavy atom. The molecule has 0 bridgehead atoms. The van der Waals surface area contributed by atoms with E-state index >= 15 is 0 Å². The molecular weight excluding hydrogens is 642 g/mol. The van der Waals surface area contributed by atoms with Gasteiger partial charge in [0, 0.05) is 37.9 Å². The third-order valence-corrected chi connectivity index (χ3v) is 10.4. The highest BCUT2D eigenvalue weighted by molar-refractivity contribution is 7.15. The number of rotatable bonds is 6. The topological polar surface area (TPSA) is 94.4 Å². The average Bonchev–Trinajstić information content (AvgIpc) is 3.76. The molecule has 0 spiro atoms. The number of aryl methyl sites for hydroxylation is 2. The molecule has 0 saturated carbocycles. The first-order valence-corrected chi connectivity index (χ1v) is 17.0. The number of thiophene rings is 1. The van der Waals surface area contributed by atoms with Crippen LogP contribution < -0.4 is 10.9 Å². The van der Waals surface area contributed by atoms with Crippen molar-refractivity contribution in [3.05, 3.63) is 133 Å². The quantitative estimate of drug-likeness (QED) is 0.179. The van der Waals surface area contributed by atoms with Crippen molar-refractivity contribution in [2.24, 2.45) is 5.10 Å². The van der Waals surface area contributed by atoms with E-state index in [2.05, 4.69) is 9.88 Å². The van der Waals surface area contributed by atoms with E-state index in [1.807, 2.05) is 74.5 Å². The molecule has 238 valence electrons. The monoisotopic (exact) mass is 671 g/mol. The van der Waals surface area contributed by atoms with Gasteiger partial charge in [0.1, 0.15) is 10.6 Å². The van der Waals surface area contributed by atoms with Crippen molar-refractivity contribution in [3.8, 4) is 16.6 Å². The van der Waals surface area contributed by atoms with Gasteiger partial charge < -0.3 is 14.3 Å². The Bertz CT molecular complexity index is 2470. The highest BCUT2D eigenvalue weighted by atomic mass is 35.5. The van der Waals surface area contributed by atoms with Crippen molar-refractivity contribution in [2.45, 2.75) is 39.5 Å². The van der Waals surface area contributed by atoms with Crippen LogP contribution in [0.1, 0.15) is 50.6 Å². The van der Waals surface area contributed by atoms with Gasteiger partial charge in [-0.25, -0.2) is 4.98 Å². The summed E-state index contributed by atoms with van der Waals surface area (Å²) in [5.41, 5.74) is 6.17. The molecule has 4 heterocycles. The minimum absolute atomic E-state index is 0.108. The molecule has 8 rings (SSSR count). The first-order valence-electron chi connectivity index (χ1n) is 15.8. The SMILES string of the molecule is Cc1cc(C=Nn2c(-c3cc4cc(Cl)ccc4o3)nc3ccccc3c2=O)c(C)n1-c1sc2c(c1C(=O)Nc1ccccc1)CCCC2. The van der Waals surface area contributed by atoms with E-state index < -0.39 is 0 Å². The highest BCUT2D eigenvalue weighted by Gasteiger charge is 2.28. The molecule has 48 heavy (non-hydrogen) atoms. The van der Waals surface area contributed by atoms with E-state index in [0.29, 0.717) is 27.3 Å². The number of nitrogens with zero attached hydrogens (tertiary/aromatic N) is 4. The van der Waals surface area contributed by atoms with E-state index in [0.717, 1.165) is 69.8 Å². The summed E-state index contributed by atoms with van der Waals surface area (Å²) < 4.78 is 9.56. The fourth-order valence-corrected chi connectivity index (χ4v) is 8.20. The molecular formula is C38H30ClN5O3S. The van der Waals surface area contributed by atoms with Crippen LogP contribution in [-0.2, 0) is 12.8 Å². The van der Waals surface area contributed by atoms with Gasteiger partial charge in [0.2, 0.25) is 5.82 Å². The Kier molecular flexibility index (Phi) is 7.58. The van der Waals surface area contributed by atoms with Crippen LogP contribution in [0.5, 0.6) is 0 Å². The zero-order valence-corrected chi connectivity index (χ0v) is 27.9. The molecule has 0 unspecified atom stereocenters. The maximum atomic E-state index is 13.9. The Balaban J connectivity index is 1.23. The minimum atomic E-state index is -0.315. The molecule has 3 aromatic carbocycles. The molecule has 7 aromatic rings. The highest BCUT2D eigenvalue weighted by Crippen LogP contribution is 2.39. The summed E-state index contributed by atoms with van der Waals surface area (Å²) in [6.07, 6.45) is 5.70. The van der Waals surface area contributed by atoms with Gasteiger partial charge in [0.25, 0.3) is 11.5 Å². The summed E-state index contributed by atoms with van der Waals surface area (Å²) in [6, 6.07) is 25.9. The number of para-hydroxylation sites is 2. The lowest BCUT2D eigenvalue weighted by molar-refractivity contribution is 0.102. The number of halogens is 1. The number of carbonyl (C=O) groups excluding carboxylic acids is 1. The van der Waals surface area contributed by atoms with Gasteiger partial charge >= 0.3 is 0 Å². The lowest BCUT2D eigenvalue weighted by atomic mass is 9.95. The standard InChI is InChI=1S/C38H30ClN5O3S/c1-22-18-25(23(2)43(22)38-34(29-13-7-9-15-33(29)48-38)36(45)41-27-10-4-3-5-11-27)21-40-44-35(42-30-14-8-6-12-28(30)37(44)46)32-20-24-19-26(39)16-17-31(24)47-32/h3-6,8,10-12,14,16-21H,7,9,13,15H2,1-2H3,(H,41,45). The Morgan fingerprint density at radius 1 is 1.00 bits per heavy atom. The first kappa shape index (κ1) is 30.1. The lowest BCUT2D eigenvalue weighted by Crippen LogP contribution is -2.20. The van der Waals surface area contributed by atoms with Crippen molar-refractivity contribution in [2.75, 3.05) is 5.32 Å². The summed E-state index contributed by atoms with van der Waals surface area (Å²) in [5, 5.41) is 10.6. The van der Waals surface area contributed by atoms with Crippen LogP contribution in [0.3, 0.4) is 0 Å². The van der Waals surface area contributed by atoms with Crippen LogP contribution in [0.15, 0.2) is 99.2 Å². The van der Waals surface area contributed by atoms with Crippen molar-refractivity contribution in [3.63, 3.8) is 0 Å². The number of nitrogens with one attached hydrogen (secondary N) is 1. The van der Waals surface area contributed by atoms with Crippen molar-refractivity contribution >= 4 is 62.6 Å². The van der Waals surface area contributed by atoms with Crippen molar-refractivity contribution < 1.29 is 9.21 Å². The van der Waals surface area contributed by atoms with Gasteiger partial charge in [0.05, 0.1) is 22.7 Å². The van der Waals surface area contributed by atoms with Crippen LogP contribution in [0, 0.1) is 13.8 Å². The Labute approximate surface area is 284 Å². The summed E-state index contributed by atoms with van der Waals surface area (Å²) >= 11 is 7.92. The summed E-state index contributed by atoms with van der Waals surface area (Å²) in [7, 11) is 0. The van der Waals surface area contributed by atoms with Gasteiger partial charge in [-0.15, -0.1) is 11.3 Å². The van der Waals surface area contributed by atoms with Crippen molar-refractivity contribution in [1.29, 1.82) is 0 Å². The molecule has 1 amide bonds. The van der Waals surface area contributed by atoms with Gasteiger partial charge in [-0.3, -0.25) is 9.59 Å². The zero-order valence-electron chi connectivity index (χ0n) is 26.3. The maximum Gasteiger partial charge on any atom is 0.282 e. The smallest absolute Gasteiger partial charge is 0.282 e. The van der Waals surface area contributed by atoms with Gasteiger partial charge in [-0.1, -0.05) is 41.9 Å². The fraction of sp³-hybridized carbons (Fsp3) is 0.158. The predicted molar refractivity (Wildman–Crippen MR) is 193 cm³/mol. The molecule has 0 fully saturated rings. The molecule has 1 N–H and O–H groups in total. The molecule has 10 heteroatoms. The van der Waals surface area contributed by atoms with Gasteiger partial charge in [-0.05, 0) is 99.7 Å². The molecule has 0 aliphatic heterocycles. The Morgan fingerprint density at radius 3 is 2.65 bits per heavy atom. The molecule has 0 atom stereocenters. The lowest BCUT2D eigenvalue weighted by Gasteiger charge is -2.14. The van der Waals surface area contributed by atoms with Crippen LogP contribution >= 0.6 is 22.9 Å². The number of anilines is 1. The van der Waals surface area contributed by atoms with Crippen molar-refractivity contribution in [1.82, 2.24) is 14.2 Å². The first-order chi connectivity index (χ1) is 23.4. The molecule has 0 radical (unpaired) electrons. The van der Waals surface area contributed by atoms with Crippen LogP contribution in [-0.4, -0.2) is 26.3 Å². The predicted octanol–water partition coefficient (Wildman–Crippen LogP) is 8.95. The largest absolute Gasteiger partial charge is 0.453 e. The van der Waals surface area contributed by atoms with E-state index in [-0.39, 0.29) is 17.3 Å². The molecule has 0 saturated heterocycles. The molecule has 4 aromatic heterocycles. The van der Waals surface area contributed by atoms with E-state index in [1.54, 1.807) is 41.8 Å². The number of carbonyl (C=O) groups is 1. The van der Waals surface area contributed by atoms with E-state index in [4.69, 9.17) is 26.1 Å². The van der Waals surface area contributed by atoms with Gasteiger partial charge in [-0.2, -0.15) is 9.78 Å². The van der Waals surface area contributed by atoms with E-state index in [1.165, 1.54) is 9.55 Å². The summed E-state index contributed by atoms with van der Waals surface area (Å²) in [5.74, 6) is 0.571. The Hall–Kier alpha value is -5.25. The zero-order chi connectivity index (χ0) is 32.9. The third kappa shape index (κ3) is 5.25. The number of amides is 1. The third-order valence-electron chi connectivity index (χ3n) is 8.85. The maximum absolute atomic E-state index is 13.9. The second kappa shape index (κ2) is 12.1. The van der Waals surface area contributed by atoms with Crippen LogP contribution in [0.25, 0.3) is 38.5 Å². The second-order valence-corrected chi connectivity index (χ2v) is 13.5. The molecule has 1 aliphatic rings. The normalized spacial score (nSPS) is 13.1. The number of benzene rings is 3. The summed E-state index contributed by atoms with van der Waals surface area (Å²) in [4.78, 5) is 33.8.